The van der Waals surface area contributed by atoms with Gasteiger partial charge in [0, 0.05) is 22.7 Å². The minimum absolute atomic E-state index is 0.00379. The number of benzene rings is 2. The summed E-state index contributed by atoms with van der Waals surface area (Å²) in [5, 5.41) is 0.367. The highest BCUT2D eigenvalue weighted by molar-refractivity contribution is 6.31. The Morgan fingerprint density at radius 2 is 1.95 bits per heavy atom. The summed E-state index contributed by atoms with van der Waals surface area (Å²) in [6.07, 6.45) is -0.0911. The molecule has 0 aliphatic carbocycles. The van der Waals surface area contributed by atoms with E-state index in [0.717, 1.165) is 0 Å². The second-order valence-electron chi connectivity index (χ2n) is 4.09. The lowest BCUT2D eigenvalue weighted by Crippen LogP contribution is -2.06. The van der Waals surface area contributed by atoms with Crippen molar-refractivity contribution < 1.29 is 9.18 Å². The van der Waals surface area contributed by atoms with Crippen LogP contribution in [0.5, 0.6) is 0 Å². The van der Waals surface area contributed by atoms with Gasteiger partial charge in [0.05, 0.1) is 5.02 Å². The Bertz CT molecular complexity index is 623. The molecule has 0 aliphatic heterocycles. The zero-order valence-electron chi connectivity index (χ0n) is 9.79. The number of halogens is 3. The fourth-order valence-electron chi connectivity index (χ4n) is 1.73. The fraction of sp³-hybridized carbons (Fsp3) is 0.0714. The van der Waals surface area contributed by atoms with E-state index in [0.29, 0.717) is 16.3 Å². The molecule has 0 atom stereocenters. The number of rotatable bonds is 3. The van der Waals surface area contributed by atoms with Crippen LogP contribution in [0.4, 0.5) is 10.1 Å². The van der Waals surface area contributed by atoms with Crippen LogP contribution in [0, 0.1) is 5.82 Å². The van der Waals surface area contributed by atoms with E-state index in [1.165, 1.54) is 30.3 Å². The van der Waals surface area contributed by atoms with E-state index in [-0.39, 0.29) is 22.8 Å². The molecule has 0 heterocycles. The van der Waals surface area contributed by atoms with Crippen molar-refractivity contribution in [3.63, 3.8) is 0 Å². The smallest absolute Gasteiger partial charge is 0.167 e. The molecule has 19 heavy (non-hydrogen) atoms. The van der Waals surface area contributed by atoms with Crippen molar-refractivity contribution in [1.82, 2.24) is 0 Å². The van der Waals surface area contributed by atoms with Gasteiger partial charge in [-0.15, -0.1) is 0 Å². The molecule has 98 valence electrons. The molecule has 0 fully saturated rings. The first kappa shape index (κ1) is 13.8. The molecule has 0 aromatic heterocycles. The Morgan fingerprint density at radius 1 is 1.21 bits per heavy atom. The molecule has 2 aromatic carbocycles. The molecular formula is C14H10Cl2FNO. The molecule has 0 saturated carbocycles. The van der Waals surface area contributed by atoms with E-state index in [1.807, 2.05) is 0 Å². The summed E-state index contributed by atoms with van der Waals surface area (Å²) in [5.41, 5.74) is 6.60. The molecule has 0 saturated heterocycles. The quantitative estimate of drug-likeness (QED) is 0.683. The number of hydrogen-bond acceptors (Lipinski definition) is 2. The molecule has 2 rings (SSSR count). The van der Waals surface area contributed by atoms with Gasteiger partial charge in [-0.1, -0.05) is 35.3 Å². The summed E-state index contributed by atoms with van der Waals surface area (Å²) in [7, 11) is 0. The normalized spacial score (nSPS) is 10.5. The predicted molar refractivity (Wildman–Crippen MR) is 75.3 cm³/mol. The average molecular weight is 298 g/mol. The van der Waals surface area contributed by atoms with E-state index in [9.17, 15) is 9.18 Å². The topological polar surface area (TPSA) is 43.1 Å². The van der Waals surface area contributed by atoms with E-state index in [2.05, 4.69) is 0 Å². The van der Waals surface area contributed by atoms with Crippen molar-refractivity contribution >= 4 is 34.7 Å². The van der Waals surface area contributed by atoms with Crippen molar-refractivity contribution in [2.24, 2.45) is 0 Å². The van der Waals surface area contributed by atoms with Gasteiger partial charge in [0.15, 0.2) is 5.78 Å². The lowest BCUT2D eigenvalue weighted by Gasteiger charge is -2.05. The van der Waals surface area contributed by atoms with Gasteiger partial charge in [-0.25, -0.2) is 4.39 Å². The van der Waals surface area contributed by atoms with Gasteiger partial charge < -0.3 is 5.73 Å². The second kappa shape index (κ2) is 5.59. The first-order valence-electron chi connectivity index (χ1n) is 5.49. The Hall–Kier alpha value is -1.58. The van der Waals surface area contributed by atoms with Crippen molar-refractivity contribution in [1.29, 1.82) is 0 Å². The molecule has 0 aliphatic rings. The molecule has 2 N–H and O–H groups in total. The number of carbonyl (C=O) groups is 1. The zero-order valence-corrected chi connectivity index (χ0v) is 11.3. The Morgan fingerprint density at radius 3 is 2.63 bits per heavy atom. The molecule has 0 bridgehead atoms. The summed E-state index contributed by atoms with van der Waals surface area (Å²) >= 11 is 11.5. The predicted octanol–water partition coefficient (Wildman–Crippen LogP) is 4.14. The minimum Gasteiger partial charge on any atom is -0.399 e. The summed E-state index contributed by atoms with van der Waals surface area (Å²) in [6.45, 7) is 0. The highest BCUT2D eigenvalue weighted by atomic mass is 35.5. The highest BCUT2D eigenvalue weighted by Crippen LogP contribution is 2.21. The third-order valence-electron chi connectivity index (χ3n) is 2.62. The van der Waals surface area contributed by atoms with Crippen molar-refractivity contribution in [3.05, 3.63) is 63.4 Å². The van der Waals surface area contributed by atoms with Crippen LogP contribution < -0.4 is 5.73 Å². The van der Waals surface area contributed by atoms with Crippen LogP contribution in [-0.2, 0) is 6.42 Å². The number of Topliss-reactive ketones (excluding diaryl/α,β-unsaturated/α-hetero) is 1. The first-order valence-corrected chi connectivity index (χ1v) is 6.25. The number of hydrogen-bond donors (Lipinski definition) is 1. The van der Waals surface area contributed by atoms with Gasteiger partial charge >= 0.3 is 0 Å². The molecule has 2 aromatic rings. The summed E-state index contributed by atoms with van der Waals surface area (Å²) in [4.78, 5) is 12.1. The first-order chi connectivity index (χ1) is 8.97. The third-order valence-corrected chi connectivity index (χ3v) is 3.13. The molecule has 0 radical (unpaired) electrons. The molecule has 2 nitrogen and oxygen atoms in total. The maximum atomic E-state index is 13.7. The standard InChI is InChI=1S/C14H10Cl2FNO/c15-10-4-9(5-11(18)7-10)13(19)6-8-2-1-3-12(16)14(8)17/h1-5,7H,6,18H2. The number of anilines is 1. The lowest BCUT2D eigenvalue weighted by atomic mass is 10.0. The highest BCUT2D eigenvalue weighted by Gasteiger charge is 2.13. The van der Waals surface area contributed by atoms with Crippen molar-refractivity contribution in [2.75, 3.05) is 5.73 Å². The van der Waals surface area contributed by atoms with Gasteiger partial charge in [-0.2, -0.15) is 0 Å². The van der Waals surface area contributed by atoms with E-state index in [4.69, 9.17) is 28.9 Å². The van der Waals surface area contributed by atoms with Crippen LogP contribution >= 0.6 is 23.2 Å². The van der Waals surface area contributed by atoms with Crippen LogP contribution in [0.25, 0.3) is 0 Å². The molecule has 0 spiro atoms. The Balaban J connectivity index is 2.28. The zero-order chi connectivity index (χ0) is 14.0. The Kier molecular flexibility index (Phi) is 4.08. The van der Waals surface area contributed by atoms with Crippen LogP contribution in [-0.4, -0.2) is 5.78 Å². The van der Waals surface area contributed by atoms with Crippen molar-refractivity contribution in [2.45, 2.75) is 6.42 Å². The monoisotopic (exact) mass is 297 g/mol. The van der Waals surface area contributed by atoms with E-state index in [1.54, 1.807) is 6.07 Å². The molecular weight excluding hydrogens is 288 g/mol. The number of ketones is 1. The number of nitrogens with two attached hydrogens (primary N) is 1. The summed E-state index contributed by atoms with van der Waals surface area (Å²) < 4.78 is 13.7. The lowest BCUT2D eigenvalue weighted by molar-refractivity contribution is 0.0992. The molecule has 5 heteroatoms. The van der Waals surface area contributed by atoms with Crippen molar-refractivity contribution in [3.8, 4) is 0 Å². The number of carbonyl (C=O) groups excluding carboxylic acids is 1. The summed E-state index contributed by atoms with van der Waals surface area (Å²) in [5.74, 6) is -0.845. The minimum atomic E-state index is -0.576. The number of nitrogen functional groups attached to an aromatic ring is 1. The van der Waals surface area contributed by atoms with Crippen LogP contribution in [0.2, 0.25) is 10.0 Å². The maximum Gasteiger partial charge on any atom is 0.167 e. The molecule has 0 unspecified atom stereocenters. The third kappa shape index (κ3) is 3.25. The van der Waals surface area contributed by atoms with Gasteiger partial charge in [0.1, 0.15) is 5.82 Å². The second-order valence-corrected chi connectivity index (χ2v) is 4.93. The maximum absolute atomic E-state index is 13.7. The average Bonchev–Trinajstić information content (AvgIpc) is 2.33. The molecule has 0 amide bonds. The van der Waals surface area contributed by atoms with E-state index >= 15 is 0 Å². The van der Waals surface area contributed by atoms with Gasteiger partial charge in [0.25, 0.3) is 0 Å². The van der Waals surface area contributed by atoms with Crippen LogP contribution in [0.15, 0.2) is 36.4 Å². The summed E-state index contributed by atoms with van der Waals surface area (Å²) in [6, 6.07) is 9.10. The SMILES string of the molecule is Nc1cc(Cl)cc(C(=O)Cc2cccc(Cl)c2F)c1. The van der Waals surface area contributed by atoms with Gasteiger partial charge in [0.2, 0.25) is 0 Å². The largest absolute Gasteiger partial charge is 0.399 e. The van der Waals surface area contributed by atoms with Gasteiger partial charge in [-0.05, 0) is 29.8 Å². The van der Waals surface area contributed by atoms with Crippen LogP contribution in [0.3, 0.4) is 0 Å². The Labute approximate surface area is 119 Å². The van der Waals surface area contributed by atoms with E-state index < -0.39 is 5.82 Å². The van der Waals surface area contributed by atoms with Gasteiger partial charge in [-0.3, -0.25) is 4.79 Å². The fourth-order valence-corrected chi connectivity index (χ4v) is 2.17. The van der Waals surface area contributed by atoms with Crippen LogP contribution in [0.1, 0.15) is 15.9 Å².